The standard InChI is InChI=1S/C17H23N3O3S/c1-14(2)7-8-17(21)19-9-11-20(12-10-19)24(22,23)16-6-4-3-5-15(16)13-18/h3-6,14H,7-12H2,1-2H3. The molecule has 0 unspecified atom stereocenters. The van der Waals surface area contributed by atoms with Crippen LogP contribution in [0.3, 0.4) is 0 Å². The second kappa shape index (κ2) is 7.77. The van der Waals surface area contributed by atoms with Crippen LogP contribution < -0.4 is 0 Å². The molecule has 1 aliphatic heterocycles. The molecule has 7 heteroatoms. The molecule has 1 fully saturated rings. The summed E-state index contributed by atoms with van der Waals surface area (Å²) in [4.78, 5) is 13.9. The molecule has 2 rings (SSSR count). The Morgan fingerprint density at radius 3 is 2.42 bits per heavy atom. The second-order valence-corrected chi connectivity index (χ2v) is 8.23. The van der Waals surface area contributed by atoms with E-state index in [0.717, 1.165) is 6.42 Å². The fourth-order valence-electron chi connectivity index (χ4n) is 2.67. The average molecular weight is 349 g/mol. The molecule has 1 heterocycles. The Hall–Kier alpha value is -1.91. The van der Waals surface area contributed by atoms with E-state index in [1.807, 2.05) is 6.07 Å². The average Bonchev–Trinajstić information content (AvgIpc) is 2.59. The molecule has 0 bridgehead atoms. The zero-order valence-electron chi connectivity index (χ0n) is 14.1. The molecule has 0 N–H and O–H groups in total. The molecule has 0 spiro atoms. The Morgan fingerprint density at radius 1 is 1.21 bits per heavy atom. The summed E-state index contributed by atoms with van der Waals surface area (Å²) < 4.78 is 26.8. The van der Waals surface area contributed by atoms with Crippen molar-refractivity contribution in [3.8, 4) is 6.07 Å². The molecule has 1 aliphatic rings. The summed E-state index contributed by atoms with van der Waals surface area (Å²) in [6.45, 7) is 5.45. The Bertz CT molecular complexity index is 730. The van der Waals surface area contributed by atoms with Crippen molar-refractivity contribution >= 4 is 15.9 Å². The van der Waals surface area contributed by atoms with Crippen LogP contribution in [0.15, 0.2) is 29.2 Å². The number of amides is 1. The minimum absolute atomic E-state index is 0.0343. The number of rotatable bonds is 5. The number of carbonyl (C=O) groups is 1. The summed E-state index contributed by atoms with van der Waals surface area (Å²) in [6.07, 6.45) is 1.34. The lowest BCUT2D eigenvalue weighted by Gasteiger charge is -2.34. The maximum atomic E-state index is 12.7. The molecule has 6 nitrogen and oxygen atoms in total. The Morgan fingerprint density at radius 2 is 1.83 bits per heavy atom. The molecule has 1 aromatic rings. The van der Waals surface area contributed by atoms with Gasteiger partial charge in [-0.3, -0.25) is 4.79 Å². The zero-order chi connectivity index (χ0) is 17.7. The van der Waals surface area contributed by atoms with Crippen LogP contribution in [0.4, 0.5) is 0 Å². The number of hydrogen-bond acceptors (Lipinski definition) is 4. The molecule has 0 aliphatic carbocycles. The quantitative estimate of drug-likeness (QED) is 0.812. The third-order valence-electron chi connectivity index (χ3n) is 4.15. The highest BCUT2D eigenvalue weighted by molar-refractivity contribution is 7.89. The number of carbonyl (C=O) groups excluding carboxylic acids is 1. The predicted octanol–water partition coefficient (Wildman–Crippen LogP) is 1.83. The van der Waals surface area contributed by atoms with E-state index in [2.05, 4.69) is 13.8 Å². The molecule has 0 radical (unpaired) electrons. The van der Waals surface area contributed by atoms with Gasteiger partial charge in [-0.15, -0.1) is 0 Å². The van der Waals surface area contributed by atoms with Gasteiger partial charge >= 0.3 is 0 Å². The van der Waals surface area contributed by atoms with Gasteiger partial charge in [0.1, 0.15) is 6.07 Å². The molecular formula is C17H23N3O3S. The van der Waals surface area contributed by atoms with E-state index in [1.54, 1.807) is 17.0 Å². The van der Waals surface area contributed by atoms with Crippen LogP contribution in [0.25, 0.3) is 0 Å². The highest BCUT2D eigenvalue weighted by atomic mass is 32.2. The Labute approximate surface area is 143 Å². The first-order valence-electron chi connectivity index (χ1n) is 8.13. The minimum atomic E-state index is -3.71. The molecule has 1 aromatic carbocycles. The number of benzene rings is 1. The third-order valence-corrected chi connectivity index (χ3v) is 6.11. The predicted molar refractivity (Wildman–Crippen MR) is 90.6 cm³/mol. The molecule has 0 saturated carbocycles. The number of hydrogen-bond donors (Lipinski definition) is 0. The Kier molecular flexibility index (Phi) is 5.97. The molecule has 0 aromatic heterocycles. The van der Waals surface area contributed by atoms with Crippen LogP contribution in [0.5, 0.6) is 0 Å². The van der Waals surface area contributed by atoms with Gasteiger partial charge in [0, 0.05) is 32.6 Å². The fourth-order valence-corrected chi connectivity index (χ4v) is 4.24. The molecular weight excluding hydrogens is 326 g/mol. The molecule has 0 atom stereocenters. The van der Waals surface area contributed by atoms with E-state index < -0.39 is 10.0 Å². The second-order valence-electron chi connectivity index (χ2n) is 6.33. The largest absolute Gasteiger partial charge is 0.340 e. The number of piperazine rings is 1. The first kappa shape index (κ1) is 18.4. The molecule has 24 heavy (non-hydrogen) atoms. The summed E-state index contributed by atoms with van der Waals surface area (Å²) in [7, 11) is -3.71. The maximum absolute atomic E-state index is 12.7. The van der Waals surface area contributed by atoms with Gasteiger partial charge in [0.05, 0.1) is 10.5 Å². The van der Waals surface area contributed by atoms with Crippen LogP contribution >= 0.6 is 0 Å². The lowest BCUT2D eigenvalue weighted by molar-refractivity contribution is -0.132. The van der Waals surface area contributed by atoms with Gasteiger partial charge < -0.3 is 4.90 Å². The maximum Gasteiger partial charge on any atom is 0.244 e. The summed E-state index contributed by atoms with van der Waals surface area (Å²) >= 11 is 0. The van der Waals surface area contributed by atoms with Gasteiger partial charge in [-0.2, -0.15) is 9.57 Å². The lowest BCUT2D eigenvalue weighted by atomic mass is 10.1. The van der Waals surface area contributed by atoms with Crippen molar-refractivity contribution in [3.63, 3.8) is 0 Å². The van der Waals surface area contributed by atoms with E-state index in [9.17, 15) is 13.2 Å². The smallest absolute Gasteiger partial charge is 0.244 e. The van der Waals surface area contributed by atoms with Crippen molar-refractivity contribution in [1.82, 2.24) is 9.21 Å². The monoisotopic (exact) mass is 349 g/mol. The fraction of sp³-hybridized carbons (Fsp3) is 0.529. The van der Waals surface area contributed by atoms with Crippen molar-refractivity contribution in [2.45, 2.75) is 31.6 Å². The number of nitrogens with zero attached hydrogens (tertiary/aromatic N) is 3. The van der Waals surface area contributed by atoms with Crippen LogP contribution in [-0.4, -0.2) is 49.7 Å². The van der Waals surface area contributed by atoms with Gasteiger partial charge in [-0.25, -0.2) is 8.42 Å². The van der Waals surface area contributed by atoms with Gasteiger partial charge in [0.25, 0.3) is 0 Å². The van der Waals surface area contributed by atoms with Gasteiger partial charge in [-0.05, 0) is 24.5 Å². The van der Waals surface area contributed by atoms with E-state index in [1.165, 1.54) is 16.4 Å². The van der Waals surface area contributed by atoms with E-state index >= 15 is 0 Å². The van der Waals surface area contributed by atoms with Gasteiger partial charge in [-0.1, -0.05) is 26.0 Å². The summed E-state index contributed by atoms with van der Waals surface area (Å²) in [6, 6.07) is 8.13. The molecule has 1 amide bonds. The highest BCUT2D eigenvalue weighted by Crippen LogP contribution is 2.21. The third kappa shape index (κ3) is 4.13. The SMILES string of the molecule is CC(C)CCC(=O)N1CCN(S(=O)(=O)c2ccccc2C#N)CC1. The van der Waals surface area contributed by atoms with Gasteiger partial charge in [0.15, 0.2) is 0 Å². The van der Waals surface area contributed by atoms with Crippen molar-refractivity contribution in [2.75, 3.05) is 26.2 Å². The Balaban J connectivity index is 2.04. The van der Waals surface area contributed by atoms with Crippen molar-refractivity contribution in [2.24, 2.45) is 5.92 Å². The van der Waals surface area contributed by atoms with Gasteiger partial charge in [0.2, 0.25) is 15.9 Å². The van der Waals surface area contributed by atoms with E-state index in [0.29, 0.717) is 25.4 Å². The highest BCUT2D eigenvalue weighted by Gasteiger charge is 2.31. The first-order valence-corrected chi connectivity index (χ1v) is 9.57. The summed E-state index contributed by atoms with van der Waals surface area (Å²) in [5.74, 6) is 0.552. The van der Waals surface area contributed by atoms with E-state index in [4.69, 9.17) is 5.26 Å². The van der Waals surface area contributed by atoms with Crippen LogP contribution in [0, 0.1) is 17.2 Å². The lowest BCUT2D eigenvalue weighted by Crippen LogP contribution is -2.50. The number of sulfonamides is 1. The van der Waals surface area contributed by atoms with Crippen molar-refractivity contribution in [1.29, 1.82) is 5.26 Å². The number of nitriles is 1. The summed E-state index contributed by atoms with van der Waals surface area (Å²) in [5.41, 5.74) is 0.146. The topological polar surface area (TPSA) is 81.5 Å². The van der Waals surface area contributed by atoms with Crippen LogP contribution in [0.1, 0.15) is 32.3 Å². The summed E-state index contributed by atoms with van der Waals surface area (Å²) in [5, 5.41) is 9.11. The minimum Gasteiger partial charge on any atom is -0.340 e. The first-order chi connectivity index (χ1) is 11.4. The normalized spacial score (nSPS) is 16.2. The molecule has 130 valence electrons. The van der Waals surface area contributed by atoms with E-state index in [-0.39, 0.29) is 29.5 Å². The van der Waals surface area contributed by atoms with Crippen molar-refractivity contribution < 1.29 is 13.2 Å². The van der Waals surface area contributed by atoms with Crippen LogP contribution in [0.2, 0.25) is 0 Å². The van der Waals surface area contributed by atoms with Crippen molar-refractivity contribution in [3.05, 3.63) is 29.8 Å². The van der Waals surface area contributed by atoms with Crippen LogP contribution in [-0.2, 0) is 14.8 Å². The molecule has 1 saturated heterocycles. The zero-order valence-corrected chi connectivity index (χ0v) is 14.9.